The number of nitrogens with zero attached hydrogens (tertiary/aromatic N) is 1. The highest BCUT2D eigenvalue weighted by atomic mass is 79.9. The van der Waals surface area contributed by atoms with E-state index >= 15 is 0 Å². The van der Waals surface area contributed by atoms with Gasteiger partial charge in [0, 0.05) is 31.5 Å². The summed E-state index contributed by atoms with van der Waals surface area (Å²) in [6.07, 6.45) is 1.49. The van der Waals surface area contributed by atoms with Crippen LogP contribution >= 0.6 is 27.5 Å². The number of benzene rings is 4. The van der Waals surface area contributed by atoms with Crippen molar-refractivity contribution in [3.05, 3.63) is 116 Å². The molecule has 212 valence electrons. The monoisotopic (exact) mass is 643 g/mol. The molecule has 0 fully saturated rings. The number of esters is 1. The molecule has 5 rings (SSSR count). The predicted molar refractivity (Wildman–Crippen MR) is 170 cm³/mol. The zero-order valence-electron chi connectivity index (χ0n) is 23.1. The molecule has 1 amide bonds. The number of aryl methyl sites for hydroxylation is 2. The summed E-state index contributed by atoms with van der Waals surface area (Å²) in [5.41, 5.74) is 8.44. The number of hydrogen-bond acceptors (Lipinski definition) is 5. The number of fused-ring (bicyclic) bond motifs is 1. The van der Waals surface area contributed by atoms with Gasteiger partial charge in [0.1, 0.15) is 5.69 Å². The largest absolute Gasteiger partial charge is 0.490 e. The van der Waals surface area contributed by atoms with Crippen LogP contribution in [-0.4, -0.2) is 29.7 Å². The molecule has 0 spiro atoms. The Morgan fingerprint density at radius 1 is 1.00 bits per heavy atom. The number of ether oxygens (including phenoxy) is 2. The van der Waals surface area contributed by atoms with E-state index in [0.717, 1.165) is 32.1 Å². The van der Waals surface area contributed by atoms with E-state index in [0.29, 0.717) is 39.8 Å². The molecule has 1 aromatic heterocycles. The second-order valence-corrected chi connectivity index (χ2v) is 10.9. The van der Waals surface area contributed by atoms with Crippen LogP contribution in [0.2, 0.25) is 5.02 Å². The third-order valence-electron chi connectivity index (χ3n) is 6.55. The summed E-state index contributed by atoms with van der Waals surface area (Å²) in [4.78, 5) is 29.3. The number of H-pyrrole nitrogens is 1. The van der Waals surface area contributed by atoms with Gasteiger partial charge in [0.2, 0.25) is 0 Å². The molecule has 0 radical (unpaired) electrons. The maximum absolute atomic E-state index is 13.4. The molecule has 0 saturated heterocycles. The van der Waals surface area contributed by atoms with Crippen LogP contribution in [0.15, 0.2) is 88.4 Å². The first-order valence-electron chi connectivity index (χ1n) is 13.2. The molecule has 7 nitrogen and oxygen atoms in total. The van der Waals surface area contributed by atoms with Crippen molar-refractivity contribution in [2.24, 2.45) is 5.10 Å². The first-order valence-corrected chi connectivity index (χ1v) is 14.4. The van der Waals surface area contributed by atoms with Gasteiger partial charge in [-0.05, 0) is 86.5 Å². The standard InChI is InChI=1S/C33H27BrClN3O4/c1-4-41-28-17-21(9-14-27(28)42-33(40)22-10-12-23(34)13-11-22)18-36-38-32(39)31-29(24-7-5-6-8-26(24)35)25-16-19(2)15-20(3)30(25)37-31/h5-18,37H,4H2,1-3H3,(H,38,39). The van der Waals surface area contributed by atoms with Gasteiger partial charge < -0.3 is 14.5 Å². The van der Waals surface area contributed by atoms with Gasteiger partial charge in [-0.3, -0.25) is 4.79 Å². The number of hydrogen-bond donors (Lipinski definition) is 2. The normalized spacial score (nSPS) is 11.2. The van der Waals surface area contributed by atoms with Gasteiger partial charge in [-0.2, -0.15) is 5.10 Å². The fraction of sp³-hybridized carbons (Fsp3) is 0.121. The lowest BCUT2D eigenvalue weighted by atomic mass is 9.99. The minimum Gasteiger partial charge on any atom is -0.490 e. The summed E-state index contributed by atoms with van der Waals surface area (Å²) < 4.78 is 12.2. The maximum atomic E-state index is 13.4. The summed E-state index contributed by atoms with van der Waals surface area (Å²) in [5.74, 6) is -0.269. The van der Waals surface area contributed by atoms with E-state index in [-0.39, 0.29) is 5.75 Å². The number of nitrogens with one attached hydrogen (secondary N) is 2. The molecular formula is C33H27BrClN3O4. The summed E-state index contributed by atoms with van der Waals surface area (Å²) >= 11 is 9.92. The molecule has 0 aliphatic rings. The Balaban J connectivity index is 1.39. The number of aromatic amines is 1. The zero-order valence-corrected chi connectivity index (χ0v) is 25.5. The highest BCUT2D eigenvalue weighted by Gasteiger charge is 2.22. The molecule has 9 heteroatoms. The maximum Gasteiger partial charge on any atom is 0.343 e. The molecule has 0 bridgehead atoms. The van der Waals surface area contributed by atoms with Crippen LogP contribution in [0.5, 0.6) is 11.5 Å². The number of aromatic nitrogens is 1. The number of carbonyl (C=O) groups is 2. The number of halogens is 2. The quantitative estimate of drug-likeness (QED) is 0.0770. The molecule has 0 saturated carbocycles. The van der Waals surface area contributed by atoms with E-state index < -0.39 is 11.9 Å². The minimum atomic E-state index is -0.504. The Morgan fingerprint density at radius 2 is 1.76 bits per heavy atom. The Bertz CT molecular complexity index is 1830. The number of rotatable bonds is 8. The Hall–Kier alpha value is -4.40. The topological polar surface area (TPSA) is 92.8 Å². The third kappa shape index (κ3) is 6.25. The van der Waals surface area contributed by atoms with Gasteiger partial charge in [-0.15, -0.1) is 0 Å². The van der Waals surface area contributed by atoms with Crippen LogP contribution < -0.4 is 14.9 Å². The SMILES string of the molecule is CCOc1cc(C=NNC(=O)c2[nH]c3c(C)cc(C)cc3c2-c2ccccc2Cl)ccc1OC(=O)c1ccc(Br)cc1. The second kappa shape index (κ2) is 12.6. The van der Waals surface area contributed by atoms with E-state index in [9.17, 15) is 9.59 Å². The second-order valence-electron chi connectivity index (χ2n) is 9.59. The first kappa shape index (κ1) is 29.1. The average molecular weight is 645 g/mol. The molecule has 42 heavy (non-hydrogen) atoms. The molecule has 0 aliphatic carbocycles. The van der Waals surface area contributed by atoms with Crippen LogP contribution in [0.25, 0.3) is 22.0 Å². The van der Waals surface area contributed by atoms with Crippen molar-refractivity contribution in [3.63, 3.8) is 0 Å². The number of carbonyl (C=O) groups excluding carboxylic acids is 2. The molecule has 5 aromatic rings. The number of amides is 1. The highest BCUT2D eigenvalue weighted by molar-refractivity contribution is 9.10. The van der Waals surface area contributed by atoms with E-state index in [1.807, 2.05) is 45.0 Å². The first-order chi connectivity index (χ1) is 20.2. The van der Waals surface area contributed by atoms with Crippen LogP contribution in [-0.2, 0) is 0 Å². The lowest BCUT2D eigenvalue weighted by molar-refractivity contribution is 0.0728. The summed E-state index contributed by atoms with van der Waals surface area (Å²) in [5, 5.41) is 5.64. The predicted octanol–water partition coefficient (Wildman–Crippen LogP) is 8.25. The van der Waals surface area contributed by atoms with Crippen molar-refractivity contribution in [3.8, 4) is 22.6 Å². The fourth-order valence-electron chi connectivity index (χ4n) is 4.69. The number of hydrazone groups is 1. The van der Waals surface area contributed by atoms with Crippen LogP contribution in [0.4, 0.5) is 0 Å². The van der Waals surface area contributed by atoms with E-state index in [4.69, 9.17) is 21.1 Å². The zero-order chi connectivity index (χ0) is 29.8. The van der Waals surface area contributed by atoms with E-state index in [1.165, 1.54) is 6.21 Å². The van der Waals surface area contributed by atoms with Gasteiger partial charge in [-0.25, -0.2) is 10.2 Å². The van der Waals surface area contributed by atoms with Crippen molar-refractivity contribution >= 4 is 56.5 Å². The molecule has 0 atom stereocenters. The third-order valence-corrected chi connectivity index (χ3v) is 7.41. The minimum absolute atomic E-state index is 0.277. The smallest absolute Gasteiger partial charge is 0.343 e. The Labute approximate surface area is 256 Å². The summed E-state index contributed by atoms with van der Waals surface area (Å²) in [7, 11) is 0. The van der Waals surface area contributed by atoms with Crippen LogP contribution in [0.3, 0.4) is 0 Å². The summed E-state index contributed by atoms with van der Waals surface area (Å²) in [6.45, 7) is 6.22. The van der Waals surface area contributed by atoms with E-state index in [2.05, 4.69) is 37.5 Å². The average Bonchev–Trinajstić information content (AvgIpc) is 3.34. The van der Waals surface area contributed by atoms with Crippen molar-refractivity contribution in [2.45, 2.75) is 20.8 Å². The Kier molecular flexibility index (Phi) is 8.75. The fourth-order valence-corrected chi connectivity index (χ4v) is 5.19. The van der Waals surface area contributed by atoms with Crippen molar-refractivity contribution in [1.29, 1.82) is 0 Å². The van der Waals surface area contributed by atoms with Crippen molar-refractivity contribution in [1.82, 2.24) is 10.4 Å². The molecule has 1 heterocycles. The lowest BCUT2D eigenvalue weighted by Crippen LogP contribution is -2.19. The Morgan fingerprint density at radius 3 is 2.50 bits per heavy atom. The van der Waals surface area contributed by atoms with Crippen LogP contribution in [0, 0.1) is 13.8 Å². The summed E-state index contributed by atoms with van der Waals surface area (Å²) in [6, 6.07) is 23.4. The van der Waals surface area contributed by atoms with Crippen molar-refractivity contribution in [2.75, 3.05) is 6.61 Å². The van der Waals surface area contributed by atoms with Gasteiger partial charge in [0.15, 0.2) is 11.5 Å². The van der Waals surface area contributed by atoms with Gasteiger partial charge in [0.25, 0.3) is 5.91 Å². The van der Waals surface area contributed by atoms with Crippen LogP contribution in [0.1, 0.15) is 44.5 Å². The molecule has 4 aromatic carbocycles. The van der Waals surface area contributed by atoms with Gasteiger partial charge in [-0.1, -0.05) is 57.4 Å². The van der Waals surface area contributed by atoms with E-state index in [1.54, 1.807) is 48.5 Å². The lowest BCUT2D eigenvalue weighted by Gasteiger charge is -2.11. The molecule has 0 aliphatic heterocycles. The highest BCUT2D eigenvalue weighted by Crippen LogP contribution is 2.38. The molecular weight excluding hydrogens is 618 g/mol. The van der Waals surface area contributed by atoms with Crippen molar-refractivity contribution < 1.29 is 19.1 Å². The van der Waals surface area contributed by atoms with Gasteiger partial charge in [0.05, 0.1) is 18.4 Å². The van der Waals surface area contributed by atoms with Gasteiger partial charge >= 0.3 is 5.97 Å². The molecule has 2 N–H and O–H groups in total. The molecule has 0 unspecified atom stereocenters.